The Labute approximate surface area is 93.2 Å². The van der Waals surface area contributed by atoms with Gasteiger partial charge in [0.25, 0.3) is 0 Å². The van der Waals surface area contributed by atoms with Crippen LogP contribution in [-0.2, 0) is 4.74 Å². The van der Waals surface area contributed by atoms with Crippen molar-refractivity contribution in [1.82, 2.24) is 10.2 Å². The number of likely N-dealkylation sites (tertiary alicyclic amines) is 1. The van der Waals surface area contributed by atoms with Crippen LogP contribution >= 0.6 is 0 Å². The Balaban J connectivity index is 1.69. The van der Waals surface area contributed by atoms with E-state index in [1.54, 1.807) is 0 Å². The van der Waals surface area contributed by atoms with Gasteiger partial charge in [0.15, 0.2) is 0 Å². The number of nitrogens with one attached hydrogen (secondary N) is 1. The van der Waals surface area contributed by atoms with Crippen LogP contribution in [0.2, 0.25) is 0 Å². The van der Waals surface area contributed by atoms with Gasteiger partial charge in [0.2, 0.25) is 0 Å². The monoisotopic (exact) mass is 212 g/mol. The van der Waals surface area contributed by atoms with E-state index in [0.717, 1.165) is 25.2 Å². The lowest BCUT2D eigenvalue weighted by Crippen LogP contribution is -2.37. The predicted molar refractivity (Wildman–Crippen MR) is 62.1 cm³/mol. The number of hydrogen-bond donors (Lipinski definition) is 1. The van der Waals surface area contributed by atoms with Crippen LogP contribution in [0.1, 0.15) is 33.1 Å². The van der Waals surface area contributed by atoms with E-state index in [4.69, 9.17) is 4.74 Å². The number of nitrogens with zero attached hydrogens (tertiary/aromatic N) is 1. The Kier molecular flexibility index (Phi) is 4.00. The summed E-state index contributed by atoms with van der Waals surface area (Å²) in [6.45, 7) is 8.66. The maximum atomic E-state index is 5.60. The van der Waals surface area contributed by atoms with Crippen molar-refractivity contribution in [3.8, 4) is 0 Å². The lowest BCUT2D eigenvalue weighted by molar-refractivity contribution is 0.0581. The molecule has 2 aliphatic rings. The maximum absolute atomic E-state index is 5.60. The van der Waals surface area contributed by atoms with E-state index in [9.17, 15) is 0 Å². The molecule has 2 rings (SSSR count). The average Bonchev–Trinajstić information content (AvgIpc) is 2.49. The average molecular weight is 212 g/mol. The van der Waals surface area contributed by atoms with Crippen molar-refractivity contribution in [2.24, 2.45) is 0 Å². The molecule has 2 bridgehead atoms. The van der Waals surface area contributed by atoms with Gasteiger partial charge in [-0.3, -0.25) is 4.90 Å². The normalized spacial score (nSPS) is 32.2. The zero-order valence-corrected chi connectivity index (χ0v) is 10.0. The highest BCUT2D eigenvalue weighted by Gasteiger charge is 2.28. The Morgan fingerprint density at radius 3 is 2.87 bits per heavy atom. The lowest BCUT2D eigenvalue weighted by Gasteiger charge is -2.24. The number of rotatable bonds is 4. The van der Waals surface area contributed by atoms with Crippen LogP contribution in [0.25, 0.3) is 0 Å². The maximum Gasteiger partial charge on any atom is 0.0596 e. The molecule has 3 nitrogen and oxygen atoms in total. The molecule has 2 heterocycles. The quantitative estimate of drug-likeness (QED) is 0.759. The summed E-state index contributed by atoms with van der Waals surface area (Å²) in [5.41, 5.74) is 0. The van der Waals surface area contributed by atoms with Crippen molar-refractivity contribution >= 4 is 0 Å². The molecule has 2 fully saturated rings. The fourth-order valence-corrected chi connectivity index (χ4v) is 2.64. The van der Waals surface area contributed by atoms with Crippen LogP contribution < -0.4 is 5.32 Å². The van der Waals surface area contributed by atoms with Gasteiger partial charge in [-0.15, -0.1) is 0 Å². The summed E-state index contributed by atoms with van der Waals surface area (Å²) in [6.07, 6.45) is 4.44. The molecule has 0 aliphatic carbocycles. The Morgan fingerprint density at radius 1 is 1.27 bits per heavy atom. The van der Waals surface area contributed by atoms with E-state index in [1.807, 2.05) is 0 Å². The van der Waals surface area contributed by atoms with Gasteiger partial charge in [-0.25, -0.2) is 0 Å². The van der Waals surface area contributed by atoms with Crippen LogP contribution in [0.4, 0.5) is 0 Å². The third-order valence-electron chi connectivity index (χ3n) is 3.47. The van der Waals surface area contributed by atoms with Crippen LogP contribution in [0.5, 0.6) is 0 Å². The zero-order chi connectivity index (χ0) is 10.7. The summed E-state index contributed by atoms with van der Waals surface area (Å²) >= 11 is 0. The first kappa shape index (κ1) is 11.4. The second kappa shape index (κ2) is 5.28. The first-order valence-electron chi connectivity index (χ1n) is 6.34. The molecule has 0 radical (unpaired) electrons. The second-order valence-electron chi connectivity index (χ2n) is 5.15. The highest BCUT2D eigenvalue weighted by atomic mass is 16.5. The van der Waals surface area contributed by atoms with Gasteiger partial charge < -0.3 is 10.1 Å². The van der Waals surface area contributed by atoms with E-state index in [-0.39, 0.29) is 0 Å². The minimum absolute atomic E-state index is 0.367. The summed E-state index contributed by atoms with van der Waals surface area (Å²) in [6, 6.07) is 1.54. The van der Waals surface area contributed by atoms with Gasteiger partial charge in [-0.05, 0) is 39.7 Å². The molecule has 0 spiro atoms. The third kappa shape index (κ3) is 3.44. The molecule has 15 heavy (non-hydrogen) atoms. The molecule has 2 saturated heterocycles. The number of hydrogen-bond acceptors (Lipinski definition) is 3. The van der Waals surface area contributed by atoms with Crippen molar-refractivity contribution in [2.45, 2.75) is 51.3 Å². The highest BCUT2D eigenvalue weighted by Crippen LogP contribution is 2.19. The van der Waals surface area contributed by atoms with Crippen LogP contribution in [0.15, 0.2) is 0 Å². The predicted octanol–water partition coefficient (Wildman–Crippen LogP) is 1.24. The minimum Gasteiger partial charge on any atom is -0.377 e. The molecule has 2 aliphatic heterocycles. The van der Waals surface area contributed by atoms with Crippen molar-refractivity contribution in [2.75, 3.05) is 26.2 Å². The second-order valence-corrected chi connectivity index (χ2v) is 5.15. The molecule has 88 valence electrons. The van der Waals surface area contributed by atoms with Crippen LogP contribution in [0, 0.1) is 0 Å². The molecule has 3 heteroatoms. The Morgan fingerprint density at radius 2 is 2.07 bits per heavy atom. The molecule has 0 saturated carbocycles. The van der Waals surface area contributed by atoms with E-state index < -0.39 is 0 Å². The Hall–Kier alpha value is -0.120. The first-order chi connectivity index (χ1) is 7.24. The smallest absolute Gasteiger partial charge is 0.0596 e. The fourth-order valence-electron chi connectivity index (χ4n) is 2.64. The number of fused-ring (bicyclic) bond motifs is 2. The van der Waals surface area contributed by atoms with E-state index in [0.29, 0.717) is 6.10 Å². The standard InChI is InChI=1S/C12H24N2O/c1-10(2)15-8-7-14-6-5-11-3-4-12(9-14)13-11/h10-13H,3-9H2,1-2H3. The summed E-state index contributed by atoms with van der Waals surface area (Å²) < 4.78 is 5.60. The van der Waals surface area contributed by atoms with E-state index in [1.165, 1.54) is 32.4 Å². The molecule has 0 aromatic heterocycles. The van der Waals surface area contributed by atoms with Crippen molar-refractivity contribution < 1.29 is 4.74 Å². The molecule has 2 atom stereocenters. The largest absolute Gasteiger partial charge is 0.377 e. The molecule has 0 aromatic rings. The minimum atomic E-state index is 0.367. The molecular weight excluding hydrogens is 188 g/mol. The van der Waals surface area contributed by atoms with Crippen LogP contribution in [0.3, 0.4) is 0 Å². The molecule has 1 N–H and O–H groups in total. The fraction of sp³-hybridized carbons (Fsp3) is 1.00. The summed E-state index contributed by atoms with van der Waals surface area (Å²) in [4.78, 5) is 2.55. The Bertz CT molecular complexity index is 196. The van der Waals surface area contributed by atoms with Gasteiger partial charge in [-0.2, -0.15) is 0 Å². The van der Waals surface area contributed by atoms with Gasteiger partial charge in [0.1, 0.15) is 0 Å². The van der Waals surface area contributed by atoms with Crippen molar-refractivity contribution in [1.29, 1.82) is 0 Å². The lowest BCUT2D eigenvalue weighted by atomic mass is 10.1. The summed E-state index contributed by atoms with van der Waals surface area (Å²) in [7, 11) is 0. The van der Waals surface area contributed by atoms with E-state index >= 15 is 0 Å². The zero-order valence-electron chi connectivity index (χ0n) is 10.0. The molecule has 0 aromatic carbocycles. The van der Waals surface area contributed by atoms with Gasteiger partial charge in [0, 0.05) is 25.2 Å². The number of ether oxygens (including phenoxy) is 1. The molecule has 2 unspecified atom stereocenters. The van der Waals surface area contributed by atoms with Gasteiger partial charge in [0.05, 0.1) is 12.7 Å². The van der Waals surface area contributed by atoms with Crippen molar-refractivity contribution in [3.63, 3.8) is 0 Å². The first-order valence-corrected chi connectivity index (χ1v) is 6.34. The SMILES string of the molecule is CC(C)OCCN1CCC2CCC(C1)N2. The van der Waals surface area contributed by atoms with Crippen molar-refractivity contribution in [3.05, 3.63) is 0 Å². The third-order valence-corrected chi connectivity index (χ3v) is 3.47. The molecular formula is C12H24N2O. The van der Waals surface area contributed by atoms with E-state index in [2.05, 4.69) is 24.1 Å². The molecule has 0 amide bonds. The van der Waals surface area contributed by atoms with Crippen LogP contribution in [-0.4, -0.2) is 49.3 Å². The summed E-state index contributed by atoms with van der Waals surface area (Å²) in [5, 5.41) is 3.70. The van der Waals surface area contributed by atoms with Gasteiger partial charge in [-0.1, -0.05) is 0 Å². The summed E-state index contributed by atoms with van der Waals surface area (Å²) in [5.74, 6) is 0. The highest BCUT2D eigenvalue weighted by molar-refractivity contribution is 4.89. The van der Waals surface area contributed by atoms with Gasteiger partial charge >= 0.3 is 0 Å². The topological polar surface area (TPSA) is 24.5 Å².